The number of likely N-dealkylation sites (N-methyl/N-ethyl adjacent to an activating group) is 1. The molecule has 1 aliphatic rings. The SMILES string of the molecule is CN(CC(=O)N1CCN(C(=O)c2cc(Cl)cc(Cl)c2)CC1)C(=O)OC(C)(C)C. The van der Waals surface area contributed by atoms with Gasteiger partial charge in [-0.05, 0) is 39.0 Å². The molecule has 0 radical (unpaired) electrons. The van der Waals surface area contributed by atoms with Gasteiger partial charge in [0.05, 0.1) is 0 Å². The van der Waals surface area contributed by atoms with Crippen molar-refractivity contribution in [1.82, 2.24) is 14.7 Å². The van der Waals surface area contributed by atoms with E-state index in [0.717, 1.165) is 0 Å². The van der Waals surface area contributed by atoms with Crippen molar-refractivity contribution in [2.75, 3.05) is 39.8 Å². The Hall–Kier alpha value is -1.99. The predicted octanol–water partition coefficient (Wildman–Crippen LogP) is 3.14. The number of carbonyl (C=O) groups is 3. The number of ether oxygens (including phenoxy) is 1. The molecule has 1 aromatic rings. The van der Waals surface area contributed by atoms with Crippen LogP contribution in [-0.4, -0.2) is 78.0 Å². The molecule has 0 atom stereocenters. The minimum Gasteiger partial charge on any atom is -0.444 e. The van der Waals surface area contributed by atoms with E-state index in [9.17, 15) is 14.4 Å². The number of amides is 3. The zero-order valence-corrected chi connectivity index (χ0v) is 18.0. The summed E-state index contributed by atoms with van der Waals surface area (Å²) in [5.41, 5.74) is -0.203. The summed E-state index contributed by atoms with van der Waals surface area (Å²) < 4.78 is 5.25. The van der Waals surface area contributed by atoms with Crippen LogP contribution < -0.4 is 0 Å². The molecule has 1 aromatic carbocycles. The molecule has 9 heteroatoms. The first-order valence-corrected chi connectivity index (χ1v) is 9.69. The van der Waals surface area contributed by atoms with Crippen molar-refractivity contribution in [3.63, 3.8) is 0 Å². The van der Waals surface area contributed by atoms with Crippen LogP contribution in [0, 0.1) is 0 Å². The molecule has 154 valence electrons. The summed E-state index contributed by atoms with van der Waals surface area (Å²) in [6, 6.07) is 4.71. The van der Waals surface area contributed by atoms with Crippen LogP contribution in [0.1, 0.15) is 31.1 Å². The summed E-state index contributed by atoms with van der Waals surface area (Å²) >= 11 is 11.9. The summed E-state index contributed by atoms with van der Waals surface area (Å²) in [4.78, 5) is 41.6. The van der Waals surface area contributed by atoms with Gasteiger partial charge < -0.3 is 19.4 Å². The molecule has 0 N–H and O–H groups in total. The Morgan fingerprint density at radius 2 is 1.50 bits per heavy atom. The average molecular weight is 430 g/mol. The van der Waals surface area contributed by atoms with Crippen molar-refractivity contribution in [1.29, 1.82) is 0 Å². The minimum atomic E-state index is -0.621. The molecule has 0 spiro atoms. The number of carbonyl (C=O) groups excluding carboxylic acids is 3. The van der Waals surface area contributed by atoms with Crippen LogP contribution in [0.15, 0.2) is 18.2 Å². The average Bonchev–Trinajstić information content (AvgIpc) is 2.58. The highest BCUT2D eigenvalue weighted by molar-refractivity contribution is 6.35. The predicted molar refractivity (Wildman–Crippen MR) is 108 cm³/mol. The van der Waals surface area contributed by atoms with Gasteiger partial charge in [0.15, 0.2) is 0 Å². The molecule has 7 nitrogen and oxygen atoms in total. The van der Waals surface area contributed by atoms with E-state index in [2.05, 4.69) is 0 Å². The second-order valence-corrected chi connectivity index (χ2v) is 8.54. The van der Waals surface area contributed by atoms with E-state index in [1.54, 1.807) is 48.8 Å². The van der Waals surface area contributed by atoms with E-state index in [-0.39, 0.29) is 18.4 Å². The first-order valence-electron chi connectivity index (χ1n) is 8.93. The Kier molecular flexibility index (Phi) is 7.17. The van der Waals surface area contributed by atoms with Gasteiger partial charge in [0.2, 0.25) is 5.91 Å². The maximum atomic E-state index is 12.6. The Bertz CT molecular complexity index is 736. The lowest BCUT2D eigenvalue weighted by Gasteiger charge is -2.35. The topological polar surface area (TPSA) is 70.2 Å². The fourth-order valence-electron chi connectivity index (χ4n) is 2.73. The third-order valence-electron chi connectivity index (χ3n) is 4.11. The van der Waals surface area contributed by atoms with E-state index in [1.807, 2.05) is 0 Å². The summed E-state index contributed by atoms with van der Waals surface area (Å²) in [5, 5.41) is 0.796. The van der Waals surface area contributed by atoms with E-state index in [4.69, 9.17) is 27.9 Å². The monoisotopic (exact) mass is 429 g/mol. The maximum absolute atomic E-state index is 12.6. The van der Waals surface area contributed by atoms with Gasteiger partial charge in [0.1, 0.15) is 12.1 Å². The smallest absolute Gasteiger partial charge is 0.410 e. The number of nitrogens with zero attached hydrogens (tertiary/aromatic N) is 3. The first-order chi connectivity index (χ1) is 13.0. The third kappa shape index (κ3) is 6.27. The summed E-state index contributed by atoms with van der Waals surface area (Å²) in [5.74, 6) is -0.367. The Morgan fingerprint density at radius 3 is 2.00 bits per heavy atom. The number of piperazine rings is 1. The van der Waals surface area contributed by atoms with Crippen molar-refractivity contribution in [2.24, 2.45) is 0 Å². The first kappa shape index (κ1) is 22.3. The van der Waals surface area contributed by atoms with Crippen LogP contribution in [0.3, 0.4) is 0 Å². The molecule has 1 fully saturated rings. The lowest BCUT2D eigenvalue weighted by Crippen LogP contribution is -2.53. The lowest BCUT2D eigenvalue weighted by molar-refractivity contribution is -0.133. The fourth-order valence-corrected chi connectivity index (χ4v) is 3.25. The number of halogens is 2. The van der Waals surface area contributed by atoms with E-state index >= 15 is 0 Å². The van der Waals surface area contributed by atoms with E-state index < -0.39 is 11.7 Å². The van der Waals surface area contributed by atoms with Crippen molar-refractivity contribution < 1.29 is 19.1 Å². The lowest BCUT2D eigenvalue weighted by atomic mass is 10.2. The molecular weight excluding hydrogens is 405 g/mol. The highest BCUT2D eigenvalue weighted by atomic mass is 35.5. The van der Waals surface area contributed by atoms with Crippen LogP contribution >= 0.6 is 23.2 Å². The maximum Gasteiger partial charge on any atom is 0.410 e. The second kappa shape index (κ2) is 9.01. The van der Waals surface area contributed by atoms with Crippen LogP contribution in [0.5, 0.6) is 0 Å². The molecule has 1 aliphatic heterocycles. The molecule has 2 rings (SSSR count). The van der Waals surface area contributed by atoms with Crippen molar-refractivity contribution >= 4 is 41.1 Å². The van der Waals surface area contributed by atoms with Gasteiger partial charge in [-0.1, -0.05) is 23.2 Å². The normalized spacial score (nSPS) is 14.6. The largest absolute Gasteiger partial charge is 0.444 e. The minimum absolute atomic E-state index is 0.0766. The van der Waals surface area contributed by atoms with Crippen molar-refractivity contribution in [3.05, 3.63) is 33.8 Å². The summed E-state index contributed by atoms with van der Waals surface area (Å²) in [7, 11) is 1.52. The quantitative estimate of drug-likeness (QED) is 0.739. The van der Waals surface area contributed by atoms with Crippen molar-refractivity contribution in [3.8, 4) is 0 Å². The Morgan fingerprint density at radius 1 is 1.00 bits per heavy atom. The van der Waals surface area contributed by atoms with Crippen LogP contribution in [0.25, 0.3) is 0 Å². The standard InChI is InChI=1S/C19H25Cl2N3O4/c1-19(2,3)28-18(27)22(4)12-16(25)23-5-7-24(8-6-23)17(26)13-9-14(20)11-15(21)10-13/h9-11H,5-8,12H2,1-4H3. The van der Waals surface area contributed by atoms with Crippen LogP contribution in [-0.2, 0) is 9.53 Å². The highest BCUT2D eigenvalue weighted by Gasteiger charge is 2.27. The molecule has 3 amide bonds. The fraction of sp³-hybridized carbons (Fsp3) is 0.526. The number of benzene rings is 1. The Balaban J connectivity index is 1.88. The molecule has 0 aromatic heterocycles. The highest BCUT2D eigenvalue weighted by Crippen LogP contribution is 2.20. The molecule has 0 bridgehead atoms. The number of rotatable bonds is 3. The molecule has 0 aliphatic carbocycles. The Labute approximate surface area is 175 Å². The van der Waals surface area contributed by atoms with Gasteiger partial charge >= 0.3 is 6.09 Å². The van der Waals surface area contributed by atoms with Gasteiger partial charge in [-0.2, -0.15) is 0 Å². The van der Waals surface area contributed by atoms with E-state index in [0.29, 0.717) is 41.8 Å². The van der Waals surface area contributed by atoms with Crippen molar-refractivity contribution in [2.45, 2.75) is 26.4 Å². The third-order valence-corrected chi connectivity index (χ3v) is 4.54. The molecule has 0 saturated carbocycles. The van der Waals surface area contributed by atoms with Gasteiger partial charge in [-0.15, -0.1) is 0 Å². The molecule has 28 heavy (non-hydrogen) atoms. The van der Waals surface area contributed by atoms with Crippen LogP contribution in [0.2, 0.25) is 10.0 Å². The molecule has 1 heterocycles. The number of hydrogen-bond donors (Lipinski definition) is 0. The molecule has 0 unspecified atom stereocenters. The van der Waals surface area contributed by atoms with E-state index in [1.165, 1.54) is 11.9 Å². The second-order valence-electron chi connectivity index (χ2n) is 7.67. The zero-order chi connectivity index (χ0) is 21.1. The molecule has 1 saturated heterocycles. The zero-order valence-electron chi connectivity index (χ0n) is 16.5. The van der Waals surface area contributed by atoms with Gasteiger partial charge in [0, 0.05) is 48.8 Å². The van der Waals surface area contributed by atoms with Crippen LogP contribution in [0.4, 0.5) is 4.79 Å². The van der Waals surface area contributed by atoms with Gasteiger partial charge in [-0.25, -0.2) is 4.79 Å². The van der Waals surface area contributed by atoms with Gasteiger partial charge in [0.25, 0.3) is 5.91 Å². The van der Waals surface area contributed by atoms with Gasteiger partial charge in [-0.3, -0.25) is 9.59 Å². The number of hydrogen-bond acceptors (Lipinski definition) is 4. The summed E-state index contributed by atoms with van der Waals surface area (Å²) in [6.45, 7) is 6.79. The molecular formula is C19H25Cl2N3O4. The summed E-state index contributed by atoms with van der Waals surface area (Å²) in [6.07, 6.45) is -0.549.